The summed E-state index contributed by atoms with van der Waals surface area (Å²) in [4.78, 5) is 0. The first-order chi connectivity index (χ1) is 7.20. The van der Waals surface area contributed by atoms with Crippen molar-refractivity contribution in [1.82, 2.24) is 0 Å². The monoisotopic (exact) mass is 199 g/mol. The third kappa shape index (κ3) is 2.02. The van der Waals surface area contributed by atoms with Crippen LogP contribution in [0.3, 0.4) is 0 Å². The van der Waals surface area contributed by atoms with Gasteiger partial charge >= 0.3 is 0 Å². The SMILES string of the molecule is Cc1ccc2ccc(C(C)CN)cc2c1. The standard InChI is InChI=1S/C14H17N/c1-10-3-4-12-5-6-13(11(2)9-15)8-14(12)7-10/h3-8,11H,9,15H2,1-2H3. The van der Waals surface area contributed by atoms with E-state index in [-0.39, 0.29) is 0 Å². The maximum atomic E-state index is 5.68. The van der Waals surface area contributed by atoms with E-state index in [0.29, 0.717) is 12.5 Å². The molecule has 0 spiro atoms. The van der Waals surface area contributed by atoms with Crippen LogP contribution >= 0.6 is 0 Å². The van der Waals surface area contributed by atoms with Gasteiger partial charge in [0, 0.05) is 0 Å². The highest BCUT2D eigenvalue weighted by Crippen LogP contribution is 2.21. The largest absolute Gasteiger partial charge is 0.330 e. The van der Waals surface area contributed by atoms with Crippen LogP contribution in [0.5, 0.6) is 0 Å². The Morgan fingerprint density at radius 1 is 1.07 bits per heavy atom. The molecule has 1 atom stereocenters. The molecule has 2 aromatic carbocycles. The molecule has 1 heteroatoms. The molecule has 1 nitrogen and oxygen atoms in total. The third-order valence-corrected chi connectivity index (χ3v) is 2.94. The van der Waals surface area contributed by atoms with Crippen molar-refractivity contribution in [3.63, 3.8) is 0 Å². The highest BCUT2D eigenvalue weighted by Gasteiger charge is 2.03. The second-order valence-corrected chi connectivity index (χ2v) is 4.25. The fourth-order valence-corrected chi connectivity index (χ4v) is 1.83. The molecule has 0 aliphatic rings. The predicted molar refractivity (Wildman–Crippen MR) is 66.2 cm³/mol. The van der Waals surface area contributed by atoms with Crippen LogP contribution < -0.4 is 5.73 Å². The van der Waals surface area contributed by atoms with Crippen LogP contribution in [0, 0.1) is 6.92 Å². The highest BCUT2D eigenvalue weighted by molar-refractivity contribution is 5.83. The normalized spacial score (nSPS) is 13.0. The van der Waals surface area contributed by atoms with Gasteiger partial charge in [0.25, 0.3) is 0 Å². The summed E-state index contributed by atoms with van der Waals surface area (Å²) in [5.41, 5.74) is 8.31. The van der Waals surface area contributed by atoms with Crippen molar-refractivity contribution in [3.8, 4) is 0 Å². The van der Waals surface area contributed by atoms with Gasteiger partial charge in [-0.15, -0.1) is 0 Å². The number of aryl methyl sites for hydroxylation is 1. The number of hydrogen-bond donors (Lipinski definition) is 1. The van der Waals surface area contributed by atoms with Crippen molar-refractivity contribution in [3.05, 3.63) is 47.5 Å². The summed E-state index contributed by atoms with van der Waals surface area (Å²) >= 11 is 0. The lowest BCUT2D eigenvalue weighted by molar-refractivity contribution is 0.775. The fourth-order valence-electron chi connectivity index (χ4n) is 1.83. The molecule has 0 fully saturated rings. The molecule has 0 saturated heterocycles. The molecule has 0 radical (unpaired) electrons. The van der Waals surface area contributed by atoms with Crippen LogP contribution in [0.25, 0.3) is 10.8 Å². The van der Waals surface area contributed by atoms with Gasteiger partial charge in [0.05, 0.1) is 0 Å². The molecule has 0 saturated carbocycles. The Kier molecular flexibility index (Phi) is 2.74. The van der Waals surface area contributed by atoms with Gasteiger partial charge in [-0.05, 0) is 35.7 Å². The first kappa shape index (κ1) is 10.2. The first-order valence-electron chi connectivity index (χ1n) is 5.41. The lowest BCUT2D eigenvalue weighted by atomic mass is 9.97. The Morgan fingerprint density at radius 3 is 2.53 bits per heavy atom. The highest BCUT2D eigenvalue weighted by atomic mass is 14.5. The van der Waals surface area contributed by atoms with E-state index in [1.54, 1.807) is 0 Å². The quantitative estimate of drug-likeness (QED) is 0.789. The number of fused-ring (bicyclic) bond motifs is 1. The van der Waals surface area contributed by atoms with Gasteiger partial charge in [-0.2, -0.15) is 0 Å². The molecule has 2 N–H and O–H groups in total. The van der Waals surface area contributed by atoms with Gasteiger partial charge in [-0.25, -0.2) is 0 Å². The van der Waals surface area contributed by atoms with Crippen molar-refractivity contribution < 1.29 is 0 Å². The zero-order chi connectivity index (χ0) is 10.8. The zero-order valence-corrected chi connectivity index (χ0v) is 9.33. The summed E-state index contributed by atoms with van der Waals surface area (Å²) in [6.45, 7) is 4.99. The van der Waals surface area contributed by atoms with E-state index in [9.17, 15) is 0 Å². The summed E-state index contributed by atoms with van der Waals surface area (Å²) in [5, 5.41) is 2.61. The van der Waals surface area contributed by atoms with Crippen molar-refractivity contribution in [1.29, 1.82) is 0 Å². The Labute approximate surface area is 90.9 Å². The molecular formula is C14H17N. The van der Waals surface area contributed by atoms with E-state index >= 15 is 0 Å². The van der Waals surface area contributed by atoms with Gasteiger partial charge in [0.2, 0.25) is 0 Å². The average molecular weight is 199 g/mol. The molecule has 0 aromatic heterocycles. The molecule has 0 aliphatic carbocycles. The van der Waals surface area contributed by atoms with Crippen LogP contribution in [-0.2, 0) is 0 Å². The maximum Gasteiger partial charge on any atom is -0.00109 e. The van der Waals surface area contributed by atoms with Gasteiger partial charge < -0.3 is 5.73 Å². The van der Waals surface area contributed by atoms with E-state index in [1.165, 1.54) is 21.9 Å². The van der Waals surface area contributed by atoms with Crippen molar-refractivity contribution in [2.45, 2.75) is 19.8 Å². The van der Waals surface area contributed by atoms with E-state index in [4.69, 9.17) is 5.73 Å². The molecule has 2 aromatic rings. The maximum absolute atomic E-state index is 5.68. The third-order valence-electron chi connectivity index (χ3n) is 2.94. The van der Waals surface area contributed by atoms with Crippen LogP contribution in [0.15, 0.2) is 36.4 Å². The second kappa shape index (κ2) is 4.03. The smallest absolute Gasteiger partial charge is 0.00109 e. The average Bonchev–Trinajstić information content (AvgIpc) is 2.27. The molecule has 0 heterocycles. The molecule has 0 aliphatic heterocycles. The Bertz CT molecular complexity index is 474. The van der Waals surface area contributed by atoms with Gasteiger partial charge in [0.15, 0.2) is 0 Å². The zero-order valence-electron chi connectivity index (χ0n) is 9.33. The molecule has 2 rings (SSSR count). The van der Waals surface area contributed by atoms with Crippen LogP contribution in [0.2, 0.25) is 0 Å². The predicted octanol–water partition coefficient (Wildman–Crippen LogP) is 3.21. The van der Waals surface area contributed by atoms with Crippen molar-refractivity contribution in [2.24, 2.45) is 5.73 Å². The van der Waals surface area contributed by atoms with E-state index in [0.717, 1.165) is 0 Å². The summed E-state index contributed by atoms with van der Waals surface area (Å²) in [6, 6.07) is 13.1. The van der Waals surface area contributed by atoms with Crippen molar-refractivity contribution in [2.75, 3.05) is 6.54 Å². The number of nitrogens with two attached hydrogens (primary N) is 1. The number of hydrogen-bond acceptors (Lipinski definition) is 1. The summed E-state index contributed by atoms with van der Waals surface area (Å²) in [6.07, 6.45) is 0. The molecule has 0 amide bonds. The first-order valence-corrected chi connectivity index (χ1v) is 5.41. The van der Waals surface area contributed by atoms with Crippen LogP contribution in [-0.4, -0.2) is 6.54 Å². The van der Waals surface area contributed by atoms with Gasteiger partial charge in [0.1, 0.15) is 0 Å². The summed E-state index contributed by atoms with van der Waals surface area (Å²) in [7, 11) is 0. The fraction of sp³-hybridized carbons (Fsp3) is 0.286. The molecule has 1 unspecified atom stereocenters. The molecule has 15 heavy (non-hydrogen) atoms. The van der Waals surface area contributed by atoms with Crippen LogP contribution in [0.4, 0.5) is 0 Å². The molecular weight excluding hydrogens is 182 g/mol. The Hall–Kier alpha value is -1.34. The topological polar surface area (TPSA) is 26.0 Å². The lowest BCUT2D eigenvalue weighted by Gasteiger charge is -2.10. The lowest BCUT2D eigenvalue weighted by Crippen LogP contribution is -2.08. The van der Waals surface area contributed by atoms with Crippen LogP contribution in [0.1, 0.15) is 24.0 Å². The van der Waals surface area contributed by atoms with Gasteiger partial charge in [-0.1, -0.05) is 48.9 Å². The minimum absolute atomic E-state index is 0.440. The Balaban J connectivity index is 2.54. The minimum atomic E-state index is 0.440. The minimum Gasteiger partial charge on any atom is -0.330 e. The van der Waals surface area contributed by atoms with Gasteiger partial charge in [-0.3, -0.25) is 0 Å². The number of rotatable bonds is 2. The molecule has 0 bridgehead atoms. The summed E-state index contributed by atoms with van der Waals surface area (Å²) < 4.78 is 0. The number of benzene rings is 2. The van der Waals surface area contributed by atoms with E-state index in [1.807, 2.05) is 0 Å². The Morgan fingerprint density at radius 2 is 1.80 bits per heavy atom. The van der Waals surface area contributed by atoms with E-state index in [2.05, 4.69) is 50.2 Å². The molecule has 78 valence electrons. The van der Waals surface area contributed by atoms with E-state index < -0.39 is 0 Å². The summed E-state index contributed by atoms with van der Waals surface area (Å²) in [5.74, 6) is 0.440. The second-order valence-electron chi connectivity index (χ2n) is 4.25. The van der Waals surface area contributed by atoms with Crippen molar-refractivity contribution >= 4 is 10.8 Å².